The number of thiophene rings is 2. The van der Waals surface area contributed by atoms with Crippen molar-refractivity contribution < 1.29 is 19.1 Å². The first-order chi connectivity index (χ1) is 17.5. The molecule has 0 bridgehead atoms. The number of halogens is 2. The molecule has 1 atom stereocenters. The van der Waals surface area contributed by atoms with Gasteiger partial charge in [0.05, 0.1) is 9.75 Å². The summed E-state index contributed by atoms with van der Waals surface area (Å²) < 4.78 is 4.54. The average Bonchev–Trinajstić information content (AvgIpc) is 3.46. The number of aldehydes is 2. The lowest BCUT2D eigenvalue weighted by atomic mass is 9.98. The summed E-state index contributed by atoms with van der Waals surface area (Å²) >= 11 is 14.4. The first-order valence-corrected chi connectivity index (χ1v) is 13.5. The second-order valence-electron chi connectivity index (χ2n) is 7.79. The standard InChI is InChI=1S/C12H9ClOS.C8H7ClO2.C7H6BOS/c13-11-3-1-9(2-4-11)5-10-6-12(7-14)15-8-10;9-8-3-1-7(2-4-8)5-11-6-10;9-3-6-1-5(4-10-6)7-2-8-7/h1-4,6-8H,5H2;1-4,6H,5H2;1,3-4,7H,2H2. The van der Waals surface area contributed by atoms with E-state index >= 15 is 0 Å². The van der Waals surface area contributed by atoms with Gasteiger partial charge in [-0.25, -0.2) is 0 Å². The second-order valence-corrected chi connectivity index (χ2v) is 10.5. The van der Waals surface area contributed by atoms with Crippen LogP contribution >= 0.6 is 45.9 Å². The number of carbonyl (C=O) groups is 3. The number of hydrogen-bond donors (Lipinski definition) is 0. The Hall–Kier alpha value is -2.71. The van der Waals surface area contributed by atoms with Crippen molar-refractivity contribution in [2.24, 2.45) is 0 Å². The fraction of sp³-hybridized carbons (Fsp3) is 0.148. The lowest BCUT2D eigenvalue weighted by molar-refractivity contribution is -0.129. The van der Waals surface area contributed by atoms with Crippen molar-refractivity contribution in [3.63, 3.8) is 0 Å². The smallest absolute Gasteiger partial charge is 0.293 e. The van der Waals surface area contributed by atoms with Gasteiger partial charge < -0.3 is 4.74 Å². The molecule has 4 nitrogen and oxygen atoms in total. The van der Waals surface area contributed by atoms with Gasteiger partial charge in [0.15, 0.2) is 12.6 Å². The highest BCUT2D eigenvalue weighted by Gasteiger charge is 2.25. The Labute approximate surface area is 229 Å². The van der Waals surface area contributed by atoms with E-state index in [4.69, 9.17) is 23.2 Å². The van der Waals surface area contributed by atoms with Gasteiger partial charge in [-0.3, -0.25) is 14.4 Å². The number of carbonyl (C=O) groups excluding carboxylic acids is 3. The molecule has 3 heterocycles. The molecule has 0 saturated carbocycles. The molecule has 1 fully saturated rings. The Morgan fingerprint density at radius 2 is 1.36 bits per heavy atom. The SMILES string of the molecule is O=COCc1ccc(Cl)cc1.O=Cc1cc(C2[B]C2)cs1.O=Cc1cc(Cc2ccc(Cl)cc2)cs1. The minimum atomic E-state index is 0.306. The largest absolute Gasteiger partial charge is 0.463 e. The Morgan fingerprint density at radius 3 is 1.86 bits per heavy atom. The van der Waals surface area contributed by atoms with E-state index in [1.54, 1.807) is 12.1 Å². The van der Waals surface area contributed by atoms with Gasteiger partial charge in [-0.2, -0.15) is 0 Å². The number of rotatable bonds is 8. The van der Waals surface area contributed by atoms with Gasteiger partial charge in [-0.05, 0) is 75.8 Å². The van der Waals surface area contributed by atoms with Gasteiger partial charge in [0.25, 0.3) is 6.47 Å². The zero-order chi connectivity index (χ0) is 25.8. The summed E-state index contributed by atoms with van der Waals surface area (Å²) in [7, 11) is 2.25. The molecule has 1 aliphatic heterocycles. The molecule has 1 aliphatic rings. The van der Waals surface area contributed by atoms with Gasteiger partial charge >= 0.3 is 0 Å². The molecule has 2 aromatic heterocycles. The lowest BCUT2D eigenvalue weighted by Gasteiger charge is -1.98. The van der Waals surface area contributed by atoms with E-state index in [9.17, 15) is 14.4 Å². The monoisotopic (exact) mass is 555 g/mol. The van der Waals surface area contributed by atoms with Gasteiger partial charge in [-0.1, -0.05) is 59.6 Å². The minimum absolute atomic E-state index is 0.306. The molecule has 1 radical (unpaired) electrons. The Morgan fingerprint density at radius 1 is 0.806 bits per heavy atom. The number of benzene rings is 2. The van der Waals surface area contributed by atoms with Crippen molar-refractivity contribution in [1.82, 2.24) is 0 Å². The minimum Gasteiger partial charge on any atom is -0.463 e. The van der Waals surface area contributed by atoms with Crippen LogP contribution in [0.4, 0.5) is 0 Å². The number of ether oxygens (including phenoxy) is 1. The molecule has 1 saturated heterocycles. The van der Waals surface area contributed by atoms with Crippen molar-refractivity contribution in [2.75, 3.05) is 0 Å². The third-order valence-electron chi connectivity index (χ3n) is 5.00. The fourth-order valence-electron chi connectivity index (χ4n) is 3.06. The summed E-state index contributed by atoms with van der Waals surface area (Å²) in [5, 5.41) is 5.51. The van der Waals surface area contributed by atoms with E-state index in [1.807, 2.05) is 53.9 Å². The zero-order valence-corrected chi connectivity index (χ0v) is 22.3. The third kappa shape index (κ3) is 9.74. The molecule has 0 amide bonds. The summed E-state index contributed by atoms with van der Waals surface area (Å²) in [5.74, 6) is 0.657. The second kappa shape index (κ2) is 14.8. The highest BCUT2D eigenvalue weighted by molar-refractivity contribution is 7.12. The molecule has 4 aromatic rings. The Bertz CT molecular complexity index is 1250. The van der Waals surface area contributed by atoms with Crippen LogP contribution in [0.2, 0.25) is 16.4 Å². The van der Waals surface area contributed by atoms with Crippen molar-refractivity contribution >= 4 is 72.2 Å². The summed E-state index contributed by atoms with van der Waals surface area (Å²) in [5.41, 5.74) is 4.62. The molecule has 183 valence electrons. The normalized spacial score (nSPS) is 13.1. The maximum absolute atomic E-state index is 10.5. The molecular formula is C27H22BCl2O4S2. The van der Waals surface area contributed by atoms with Crippen LogP contribution in [-0.4, -0.2) is 26.3 Å². The Balaban J connectivity index is 0.000000154. The van der Waals surface area contributed by atoms with Crippen LogP contribution < -0.4 is 0 Å². The zero-order valence-electron chi connectivity index (χ0n) is 19.1. The maximum Gasteiger partial charge on any atom is 0.293 e. The van der Waals surface area contributed by atoms with Crippen LogP contribution in [0.5, 0.6) is 0 Å². The molecule has 36 heavy (non-hydrogen) atoms. The molecule has 2 aromatic carbocycles. The molecular weight excluding hydrogens is 534 g/mol. The highest BCUT2D eigenvalue weighted by Crippen LogP contribution is 2.34. The van der Waals surface area contributed by atoms with Crippen molar-refractivity contribution in [1.29, 1.82) is 0 Å². The van der Waals surface area contributed by atoms with E-state index in [1.165, 1.54) is 45.7 Å². The van der Waals surface area contributed by atoms with E-state index < -0.39 is 0 Å². The van der Waals surface area contributed by atoms with Gasteiger partial charge in [0, 0.05) is 10.0 Å². The first kappa shape index (κ1) is 27.9. The predicted octanol–water partition coefficient (Wildman–Crippen LogP) is 7.56. The summed E-state index contributed by atoms with van der Waals surface area (Å²) in [6, 6.07) is 18.8. The van der Waals surface area contributed by atoms with Gasteiger partial charge in [0.2, 0.25) is 0 Å². The van der Waals surface area contributed by atoms with Crippen molar-refractivity contribution in [3.8, 4) is 0 Å². The number of hydrogen-bond acceptors (Lipinski definition) is 6. The van der Waals surface area contributed by atoms with E-state index in [0.717, 1.165) is 39.3 Å². The molecule has 1 unspecified atom stereocenters. The summed E-state index contributed by atoms with van der Waals surface area (Å²) in [4.78, 5) is 32.2. The van der Waals surface area contributed by atoms with E-state index in [0.29, 0.717) is 23.9 Å². The summed E-state index contributed by atoms with van der Waals surface area (Å²) in [6.45, 7) is 0.731. The van der Waals surface area contributed by atoms with Gasteiger partial charge in [0.1, 0.15) is 13.9 Å². The topological polar surface area (TPSA) is 60.4 Å². The van der Waals surface area contributed by atoms with Crippen LogP contribution in [0.3, 0.4) is 0 Å². The van der Waals surface area contributed by atoms with Crippen LogP contribution in [-0.2, 0) is 22.6 Å². The maximum atomic E-state index is 10.5. The summed E-state index contributed by atoms with van der Waals surface area (Å²) in [6.07, 6.45) is 3.84. The lowest BCUT2D eigenvalue weighted by Crippen LogP contribution is -1.88. The first-order valence-electron chi connectivity index (χ1n) is 10.9. The molecule has 9 heteroatoms. The molecule has 5 rings (SSSR count). The van der Waals surface area contributed by atoms with Crippen LogP contribution in [0.25, 0.3) is 0 Å². The van der Waals surface area contributed by atoms with Crippen LogP contribution in [0.15, 0.2) is 71.4 Å². The van der Waals surface area contributed by atoms with E-state index in [2.05, 4.69) is 17.4 Å². The molecule has 0 spiro atoms. The fourth-order valence-corrected chi connectivity index (χ4v) is 4.80. The van der Waals surface area contributed by atoms with Crippen LogP contribution in [0.1, 0.15) is 47.4 Å². The third-order valence-corrected chi connectivity index (χ3v) is 7.29. The Kier molecular flexibility index (Phi) is 11.4. The quantitative estimate of drug-likeness (QED) is 0.166. The van der Waals surface area contributed by atoms with Gasteiger partial charge in [-0.15, -0.1) is 22.7 Å². The predicted molar refractivity (Wildman–Crippen MR) is 149 cm³/mol. The van der Waals surface area contributed by atoms with Crippen molar-refractivity contribution in [3.05, 3.63) is 113 Å². The average molecular weight is 556 g/mol. The van der Waals surface area contributed by atoms with Crippen molar-refractivity contribution in [2.45, 2.75) is 25.2 Å². The molecule has 0 aliphatic carbocycles. The highest BCUT2D eigenvalue weighted by atomic mass is 35.5. The van der Waals surface area contributed by atoms with Crippen LogP contribution in [0, 0.1) is 0 Å². The van der Waals surface area contributed by atoms with E-state index in [-0.39, 0.29) is 0 Å². The molecule has 0 N–H and O–H groups in total.